The number of aliphatic hydroxyl groups excluding tert-OH is 1. The van der Waals surface area contributed by atoms with Crippen LogP contribution in [0.15, 0.2) is 24.3 Å². The van der Waals surface area contributed by atoms with Crippen LogP contribution in [0.3, 0.4) is 0 Å². The van der Waals surface area contributed by atoms with Gasteiger partial charge in [0.1, 0.15) is 0 Å². The SMILES string of the molecule is CC(NCC(O)CP(=O)([O-])CC1CCCCC1)c1ccc(C(=O)O)cc1.[Li+]. The normalized spacial score (nSPS) is 19.5. The Morgan fingerprint density at radius 3 is 2.41 bits per heavy atom. The van der Waals surface area contributed by atoms with E-state index in [1.165, 1.54) is 18.6 Å². The molecule has 0 heterocycles. The molecule has 0 radical (unpaired) electrons. The van der Waals surface area contributed by atoms with Gasteiger partial charge in [-0.25, -0.2) is 4.79 Å². The molecule has 0 aromatic heterocycles. The number of carbonyl (C=O) groups is 1. The van der Waals surface area contributed by atoms with Crippen molar-refractivity contribution in [3.63, 3.8) is 0 Å². The molecule has 0 spiro atoms. The molecule has 3 N–H and O–H groups in total. The van der Waals surface area contributed by atoms with Gasteiger partial charge in [0.2, 0.25) is 0 Å². The zero-order valence-electron chi connectivity index (χ0n) is 16.3. The van der Waals surface area contributed by atoms with E-state index in [0.717, 1.165) is 31.2 Å². The Balaban J connectivity index is 0.00000364. The number of rotatable bonds is 9. The molecular weight excluding hydrogens is 360 g/mol. The largest absolute Gasteiger partial charge is 1.00 e. The molecule has 0 aliphatic heterocycles. The molecule has 1 aliphatic carbocycles. The topological polar surface area (TPSA) is 110 Å². The summed E-state index contributed by atoms with van der Waals surface area (Å²) < 4.78 is 12.3. The number of benzene rings is 1. The van der Waals surface area contributed by atoms with Crippen molar-refractivity contribution in [1.29, 1.82) is 0 Å². The number of carboxylic acid groups (broad SMARTS) is 1. The van der Waals surface area contributed by atoms with Crippen molar-refractivity contribution in [3.05, 3.63) is 35.4 Å². The first-order valence-corrected chi connectivity index (χ1v) is 11.3. The van der Waals surface area contributed by atoms with Gasteiger partial charge in [-0.1, -0.05) is 44.2 Å². The fourth-order valence-corrected chi connectivity index (χ4v) is 5.64. The summed E-state index contributed by atoms with van der Waals surface area (Å²) in [5.41, 5.74) is 1.10. The minimum atomic E-state index is -3.57. The van der Waals surface area contributed by atoms with Crippen molar-refractivity contribution in [2.45, 2.75) is 51.2 Å². The smallest absolute Gasteiger partial charge is 0.799 e. The maximum Gasteiger partial charge on any atom is 1.00 e. The Labute approximate surface area is 173 Å². The maximum absolute atomic E-state index is 12.3. The quantitative estimate of drug-likeness (QED) is 0.392. The van der Waals surface area contributed by atoms with Crippen LogP contribution in [-0.2, 0) is 4.57 Å². The summed E-state index contributed by atoms with van der Waals surface area (Å²) in [6.07, 6.45) is 4.42. The molecule has 3 unspecified atom stereocenters. The minimum Gasteiger partial charge on any atom is -0.799 e. The first-order chi connectivity index (χ1) is 12.3. The number of hydrogen-bond donors (Lipinski definition) is 3. The van der Waals surface area contributed by atoms with Gasteiger partial charge < -0.3 is 25.0 Å². The summed E-state index contributed by atoms with van der Waals surface area (Å²) >= 11 is 0. The predicted molar refractivity (Wildman–Crippen MR) is 99.7 cm³/mol. The number of hydrogen-bond acceptors (Lipinski definition) is 5. The second-order valence-electron chi connectivity index (χ2n) is 7.39. The fraction of sp³-hybridized carbons (Fsp3) is 0.632. The molecule has 0 amide bonds. The van der Waals surface area contributed by atoms with Crippen LogP contribution in [0.5, 0.6) is 0 Å². The molecule has 3 atom stereocenters. The molecular formula is C19H29LiNO5P. The van der Waals surface area contributed by atoms with E-state index < -0.39 is 19.4 Å². The van der Waals surface area contributed by atoms with Crippen LogP contribution in [0.2, 0.25) is 0 Å². The van der Waals surface area contributed by atoms with E-state index in [2.05, 4.69) is 5.32 Å². The Hall–Kier alpha value is -0.603. The van der Waals surface area contributed by atoms with Crippen molar-refractivity contribution in [2.75, 3.05) is 18.9 Å². The molecule has 0 saturated heterocycles. The summed E-state index contributed by atoms with van der Waals surface area (Å²) in [5.74, 6) is -0.726. The van der Waals surface area contributed by atoms with Gasteiger partial charge in [0.15, 0.2) is 0 Å². The van der Waals surface area contributed by atoms with Crippen LogP contribution < -0.4 is 29.1 Å². The third kappa shape index (κ3) is 8.52. The van der Waals surface area contributed by atoms with Crippen LogP contribution in [0.25, 0.3) is 0 Å². The fourth-order valence-electron chi connectivity index (χ4n) is 3.57. The van der Waals surface area contributed by atoms with Crippen molar-refractivity contribution >= 4 is 13.3 Å². The van der Waals surface area contributed by atoms with Gasteiger partial charge in [0.25, 0.3) is 0 Å². The van der Waals surface area contributed by atoms with E-state index in [-0.39, 0.29) is 55.3 Å². The summed E-state index contributed by atoms with van der Waals surface area (Å²) in [6.45, 7) is 2.07. The van der Waals surface area contributed by atoms with Gasteiger partial charge in [-0.05, 0) is 36.7 Å². The average Bonchev–Trinajstić information content (AvgIpc) is 2.59. The van der Waals surface area contributed by atoms with Crippen LogP contribution in [0.1, 0.15) is 61.0 Å². The number of nitrogens with one attached hydrogen (secondary N) is 1. The molecule has 27 heavy (non-hydrogen) atoms. The number of aliphatic hydroxyl groups is 1. The molecule has 2 rings (SSSR count). The predicted octanol–water partition coefficient (Wildman–Crippen LogP) is -0.381. The molecule has 1 saturated carbocycles. The monoisotopic (exact) mass is 389 g/mol. The molecule has 0 bridgehead atoms. The van der Waals surface area contributed by atoms with Crippen molar-refractivity contribution in [3.8, 4) is 0 Å². The van der Waals surface area contributed by atoms with Crippen molar-refractivity contribution in [2.24, 2.45) is 5.92 Å². The van der Waals surface area contributed by atoms with E-state index in [1.54, 1.807) is 12.1 Å². The standard InChI is InChI=1S/C19H30NO5P.Li/c1-14(16-7-9-17(10-8-16)19(22)23)20-11-18(21)13-26(24,25)12-15-5-3-2-4-6-15;/h7-10,14-15,18,20-21H,2-6,11-13H2,1H3,(H,22,23)(H,24,25);/q;+1/p-1. The first kappa shape index (κ1) is 24.4. The van der Waals surface area contributed by atoms with Gasteiger partial charge in [0.05, 0.1) is 11.7 Å². The van der Waals surface area contributed by atoms with Crippen LogP contribution in [-0.4, -0.2) is 41.2 Å². The van der Waals surface area contributed by atoms with Crippen LogP contribution >= 0.6 is 7.37 Å². The van der Waals surface area contributed by atoms with Crippen molar-refractivity contribution in [1.82, 2.24) is 5.32 Å². The van der Waals surface area contributed by atoms with Gasteiger partial charge in [-0.3, -0.25) is 0 Å². The Morgan fingerprint density at radius 1 is 1.26 bits per heavy atom. The van der Waals surface area contributed by atoms with E-state index in [4.69, 9.17) is 5.11 Å². The Bertz CT molecular complexity index is 633. The second kappa shape index (κ2) is 11.4. The molecule has 8 heteroatoms. The first-order valence-electron chi connectivity index (χ1n) is 9.30. The maximum atomic E-state index is 12.3. The number of carboxylic acids is 1. The van der Waals surface area contributed by atoms with E-state index in [9.17, 15) is 19.4 Å². The van der Waals surface area contributed by atoms with E-state index >= 15 is 0 Å². The van der Waals surface area contributed by atoms with Gasteiger partial charge in [-0.15, -0.1) is 0 Å². The summed E-state index contributed by atoms with van der Waals surface area (Å²) in [7, 11) is -3.57. The Morgan fingerprint density at radius 2 is 1.85 bits per heavy atom. The summed E-state index contributed by atoms with van der Waals surface area (Å²) in [6, 6.07) is 6.38. The molecule has 1 aromatic carbocycles. The second-order valence-corrected chi connectivity index (χ2v) is 9.75. The van der Waals surface area contributed by atoms with Gasteiger partial charge in [-0.2, -0.15) is 0 Å². The summed E-state index contributed by atoms with van der Waals surface area (Å²) in [5, 5.41) is 22.1. The Kier molecular flexibility index (Phi) is 10.3. The van der Waals surface area contributed by atoms with E-state index in [1.807, 2.05) is 6.92 Å². The zero-order chi connectivity index (χ0) is 19.2. The van der Waals surface area contributed by atoms with Crippen LogP contribution in [0.4, 0.5) is 0 Å². The average molecular weight is 389 g/mol. The molecule has 6 nitrogen and oxygen atoms in total. The third-order valence-electron chi connectivity index (χ3n) is 5.07. The summed E-state index contributed by atoms with van der Waals surface area (Å²) in [4.78, 5) is 23.2. The van der Waals surface area contributed by atoms with Crippen molar-refractivity contribution < 1.29 is 43.3 Å². The zero-order valence-corrected chi connectivity index (χ0v) is 17.2. The third-order valence-corrected chi connectivity index (χ3v) is 7.12. The minimum absolute atomic E-state index is 0. The van der Waals surface area contributed by atoms with E-state index in [0.29, 0.717) is 0 Å². The van der Waals surface area contributed by atoms with Gasteiger partial charge in [0, 0.05) is 26.1 Å². The molecule has 1 aliphatic rings. The molecule has 146 valence electrons. The molecule has 1 aromatic rings. The van der Waals surface area contributed by atoms with Gasteiger partial charge >= 0.3 is 24.8 Å². The van der Waals surface area contributed by atoms with Crippen LogP contribution in [0, 0.1) is 5.92 Å². The molecule has 1 fully saturated rings. The number of aromatic carboxylic acids is 1.